The molecule has 1 N–H and O–H groups in total. The topological polar surface area (TPSA) is 60.0 Å². The van der Waals surface area contributed by atoms with Gasteiger partial charge in [-0.05, 0) is 17.7 Å². The molecule has 0 saturated heterocycles. The molecule has 0 spiro atoms. The number of carbonyl (C=O) groups excluding carboxylic acids is 1. The summed E-state index contributed by atoms with van der Waals surface area (Å²) in [6, 6.07) is 18.8. The third-order valence-electron chi connectivity index (χ3n) is 5.32. The first-order valence-electron chi connectivity index (χ1n) is 9.77. The van der Waals surface area contributed by atoms with Gasteiger partial charge in [0.2, 0.25) is 5.75 Å². The molecule has 31 heavy (non-hydrogen) atoms. The maximum atomic E-state index is 13.2. The first kappa shape index (κ1) is 20.9. The summed E-state index contributed by atoms with van der Waals surface area (Å²) < 4.78 is 16.4. The van der Waals surface area contributed by atoms with Gasteiger partial charge in [0.15, 0.2) is 11.5 Å². The van der Waals surface area contributed by atoms with Gasteiger partial charge in [-0.3, -0.25) is 4.79 Å². The van der Waals surface area contributed by atoms with Crippen LogP contribution in [0.5, 0.6) is 17.2 Å². The zero-order chi connectivity index (χ0) is 22.0. The molecule has 6 nitrogen and oxygen atoms in total. The van der Waals surface area contributed by atoms with E-state index in [9.17, 15) is 4.79 Å². The van der Waals surface area contributed by atoms with E-state index in [0.717, 1.165) is 16.8 Å². The summed E-state index contributed by atoms with van der Waals surface area (Å²) >= 11 is 6.38. The molecule has 0 saturated carbocycles. The van der Waals surface area contributed by atoms with Crippen LogP contribution in [0.4, 0.5) is 5.69 Å². The summed E-state index contributed by atoms with van der Waals surface area (Å²) in [6.45, 7) is 0.370. The molecule has 0 aromatic heterocycles. The van der Waals surface area contributed by atoms with Gasteiger partial charge in [-0.1, -0.05) is 48.0 Å². The molecular weight excluding hydrogens is 416 g/mol. The van der Waals surface area contributed by atoms with Crippen LogP contribution in [0.1, 0.15) is 27.7 Å². The maximum absolute atomic E-state index is 13.2. The van der Waals surface area contributed by atoms with Crippen molar-refractivity contribution in [2.24, 2.45) is 0 Å². The van der Waals surface area contributed by atoms with Gasteiger partial charge in [0.05, 0.1) is 21.3 Å². The standard InChI is InChI=1S/C24H23ClN2O4/c1-29-20-12-16(13-21(30-2)22(20)31-3)26-23-17-9-5-6-10-18(17)24(28)27(23)14-15-8-4-7-11-19(15)25/h4-13,23,26H,14H2,1-3H3/t23-/m0/s1. The molecule has 1 aliphatic rings. The number of anilines is 1. The summed E-state index contributed by atoms with van der Waals surface area (Å²) in [6.07, 6.45) is -0.386. The Labute approximate surface area is 186 Å². The number of amides is 1. The summed E-state index contributed by atoms with van der Waals surface area (Å²) in [5.74, 6) is 1.51. The smallest absolute Gasteiger partial charge is 0.256 e. The number of halogens is 1. The SMILES string of the molecule is COc1cc(N[C@@H]2c3ccccc3C(=O)N2Cc2ccccc2Cl)cc(OC)c1OC. The highest BCUT2D eigenvalue weighted by Gasteiger charge is 2.37. The van der Waals surface area contributed by atoms with Crippen LogP contribution in [0.15, 0.2) is 60.7 Å². The van der Waals surface area contributed by atoms with E-state index in [1.165, 1.54) is 0 Å². The minimum Gasteiger partial charge on any atom is -0.493 e. The molecule has 160 valence electrons. The van der Waals surface area contributed by atoms with Gasteiger partial charge < -0.3 is 24.4 Å². The van der Waals surface area contributed by atoms with E-state index in [4.69, 9.17) is 25.8 Å². The fourth-order valence-corrected chi connectivity index (χ4v) is 4.02. The van der Waals surface area contributed by atoms with E-state index >= 15 is 0 Å². The van der Waals surface area contributed by atoms with Crippen molar-refractivity contribution in [1.82, 2.24) is 4.90 Å². The lowest BCUT2D eigenvalue weighted by Gasteiger charge is -2.28. The molecule has 3 aromatic rings. The molecule has 7 heteroatoms. The second kappa shape index (κ2) is 8.78. The number of fused-ring (bicyclic) bond motifs is 1. The Kier molecular flexibility index (Phi) is 5.91. The number of hydrogen-bond acceptors (Lipinski definition) is 5. The van der Waals surface area contributed by atoms with Crippen molar-refractivity contribution in [3.8, 4) is 17.2 Å². The summed E-state index contributed by atoms with van der Waals surface area (Å²) in [5.41, 5.74) is 3.17. The molecular formula is C24H23ClN2O4. The predicted molar refractivity (Wildman–Crippen MR) is 120 cm³/mol. The molecule has 1 atom stereocenters. The van der Waals surface area contributed by atoms with Crippen molar-refractivity contribution >= 4 is 23.2 Å². The predicted octanol–water partition coefficient (Wildman–Crippen LogP) is 5.13. The summed E-state index contributed by atoms with van der Waals surface area (Å²) in [4.78, 5) is 15.0. The Morgan fingerprint density at radius 3 is 2.23 bits per heavy atom. The van der Waals surface area contributed by atoms with Gasteiger partial charge in [-0.25, -0.2) is 0 Å². The number of nitrogens with one attached hydrogen (secondary N) is 1. The molecule has 0 radical (unpaired) electrons. The normalized spacial score (nSPS) is 14.9. The van der Waals surface area contributed by atoms with Gasteiger partial charge in [0, 0.05) is 40.5 Å². The van der Waals surface area contributed by atoms with Gasteiger partial charge >= 0.3 is 0 Å². The Hall–Kier alpha value is -3.38. The number of hydrogen-bond donors (Lipinski definition) is 1. The third-order valence-corrected chi connectivity index (χ3v) is 5.69. The summed E-state index contributed by atoms with van der Waals surface area (Å²) in [5, 5.41) is 4.09. The number of methoxy groups -OCH3 is 3. The lowest BCUT2D eigenvalue weighted by molar-refractivity contribution is 0.0729. The average molecular weight is 439 g/mol. The van der Waals surface area contributed by atoms with Crippen LogP contribution in [0.25, 0.3) is 0 Å². The van der Waals surface area contributed by atoms with Crippen molar-refractivity contribution in [3.63, 3.8) is 0 Å². The lowest BCUT2D eigenvalue weighted by atomic mass is 10.1. The van der Waals surface area contributed by atoms with Crippen LogP contribution >= 0.6 is 11.6 Å². The number of carbonyl (C=O) groups is 1. The Balaban J connectivity index is 1.74. The van der Waals surface area contributed by atoms with E-state index in [0.29, 0.717) is 34.4 Å². The van der Waals surface area contributed by atoms with E-state index in [-0.39, 0.29) is 12.1 Å². The van der Waals surface area contributed by atoms with Crippen LogP contribution in [0.2, 0.25) is 5.02 Å². The Morgan fingerprint density at radius 2 is 1.58 bits per heavy atom. The van der Waals surface area contributed by atoms with Crippen LogP contribution in [-0.2, 0) is 6.54 Å². The summed E-state index contributed by atoms with van der Waals surface area (Å²) in [7, 11) is 4.70. The Bertz CT molecular complexity index is 1090. The number of rotatable bonds is 7. The zero-order valence-corrected chi connectivity index (χ0v) is 18.3. The first-order valence-corrected chi connectivity index (χ1v) is 10.1. The molecule has 0 bridgehead atoms. The van der Waals surface area contributed by atoms with E-state index in [1.54, 1.807) is 26.2 Å². The van der Waals surface area contributed by atoms with Crippen molar-refractivity contribution in [3.05, 3.63) is 82.4 Å². The molecule has 1 heterocycles. The quantitative estimate of drug-likeness (QED) is 0.554. The highest BCUT2D eigenvalue weighted by molar-refractivity contribution is 6.31. The van der Waals surface area contributed by atoms with Crippen LogP contribution in [-0.4, -0.2) is 32.1 Å². The molecule has 0 unspecified atom stereocenters. The van der Waals surface area contributed by atoms with Crippen molar-refractivity contribution < 1.29 is 19.0 Å². The number of benzene rings is 3. The third kappa shape index (κ3) is 3.86. The van der Waals surface area contributed by atoms with Gasteiger partial charge in [-0.2, -0.15) is 0 Å². The first-order chi connectivity index (χ1) is 15.1. The second-order valence-corrected chi connectivity index (χ2v) is 7.48. The van der Waals surface area contributed by atoms with Gasteiger partial charge in [0.25, 0.3) is 5.91 Å². The fourth-order valence-electron chi connectivity index (χ4n) is 3.82. The molecule has 0 fully saturated rings. The van der Waals surface area contributed by atoms with Gasteiger partial charge in [-0.15, -0.1) is 0 Å². The van der Waals surface area contributed by atoms with E-state index < -0.39 is 0 Å². The molecule has 4 rings (SSSR count). The zero-order valence-electron chi connectivity index (χ0n) is 17.5. The molecule has 3 aromatic carbocycles. The van der Waals surface area contributed by atoms with Crippen molar-refractivity contribution in [2.75, 3.05) is 26.6 Å². The van der Waals surface area contributed by atoms with E-state index in [1.807, 2.05) is 60.7 Å². The monoisotopic (exact) mass is 438 g/mol. The molecule has 1 aliphatic heterocycles. The Morgan fingerprint density at radius 1 is 0.935 bits per heavy atom. The lowest BCUT2D eigenvalue weighted by Crippen LogP contribution is -2.32. The number of nitrogens with zero attached hydrogens (tertiary/aromatic N) is 1. The fraction of sp³-hybridized carbons (Fsp3) is 0.208. The number of ether oxygens (including phenoxy) is 3. The second-order valence-electron chi connectivity index (χ2n) is 7.07. The molecule has 1 amide bonds. The van der Waals surface area contributed by atoms with E-state index in [2.05, 4.69) is 5.32 Å². The highest BCUT2D eigenvalue weighted by atomic mass is 35.5. The van der Waals surface area contributed by atoms with Crippen LogP contribution in [0.3, 0.4) is 0 Å². The van der Waals surface area contributed by atoms with Crippen LogP contribution < -0.4 is 19.5 Å². The minimum atomic E-state index is -0.386. The minimum absolute atomic E-state index is 0.0551. The van der Waals surface area contributed by atoms with Crippen LogP contribution in [0, 0.1) is 0 Å². The maximum Gasteiger partial charge on any atom is 0.256 e. The highest BCUT2D eigenvalue weighted by Crippen LogP contribution is 2.42. The average Bonchev–Trinajstić information content (AvgIpc) is 3.05. The largest absolute Gasteiger partial charge is 0.493 e. The molecule has 0 aliphatic carbocycles. The van der Waals surface area contributed by atoms with Crippen molar-refractivity contribution in [2.45, 2.75) is 12.7 Å². The van der Waals surface area contributed by atoms with Crippen molar-refractivity contribution in [1.29, 1.82) is 0 Å². The van der Waals surface area contributed by atoms with Gasteiger partial charge in [0.1, 0.15) is 6.17 Å².